The Bertz CT molecular complexity index is 386. The molecule has 0 fully saturated rings. The number of nitrogens with one attached hydrogen (secondary N) is 1. The van der Waals surface area contributed by atoms with E-state index in [2.05, 4.69) is 9.97 Å². The zero-order chi connectivity index (χ0) is 9.10. The van der Waals surface area contributed by atoms with Crippen LogP contribution < -0.4 is 4.74 Å². The van der Waals surface area contributed by atoms with Crippen LogP contribution in [0, 0.1) is 0 Å². The van der Waals surface area contributed by atoms with Crippen LogP contribution in [-0.2, 0) is 0 Å². The number of hydrogen-bond acceptors (Lipinski definition) is 2. The molecule has 0 aliphatic rings. The Kier molecular flexibility index (Phi) is 2.19. The highest BCUT2D eigenvalue weighted by Gasteiger charge is 1.99. The second kappa shape index (κ2) is 3.49. The molecule has 66 valence electrons. The van der Waals surface area contributed by atoms with Crippen LogP contribution in [-0.4, -0.2) is 9.97 Å². The maximum atomic E-state index is 5.63. The number of ether oxygens (including phenoxy) is 1. The molecule has 0 atom stereocenters. The summed E-state index contributed by atoms with van der Waals surface area (Å²) in [5.41, 5.74) is 0. The lowest BCUT2D eigenvalue weighted by Crippen LogP contribution is -1.84. The summed E-state index contributed by atoms with van der Waals surface area (Å²) in [6, 6.07) is 9.78. The monoisotopic (exact) mass is 194 g/mol. The molecule has 2 rings (SSSR count). The highest BCUT2D eigenvalue weighted by Crippen LogP contribution is 2.18. The molecule has 3 nitrogen and oxygen atoms in total. The summed E-state index contributed by atoms with van der Waals surface area (Å²) in [5, 5.41) is 0.464. The Hall–Kier alpha value is -1.48. The molecule has 1 heterocycles. The van der Waals surface area contributed by atoms with Crippen molar-refractivity contribution in [2.75, 3.05) is 0 Å². The number of aromatic nitrogens is 2. The van der Waals surface area contributed by atoms with Gasteiger partial charge in [-0.15, -0.1) is 0 Å². The molecule has 1 aromatic carbocycles. The second-order valence-corrected chi connectivity index (χ2v) is 2.86. The lowest BCUT2D eigenvalue weighted by molar-refractivity contribution is 0.447. The number of rotatable bonds is 2. The molecule has 0 spiro atoms. The summed E-state index contributed by atoms with van der Waals surface area (Å²) in [4.78, 5) is 6.66. The third-order valence-corrected chi connectivity index (χ3v) is 1.67. The lowest BCUT2D eigenvalue weighted by Gasteiger charge is -1.99. The highest BCUT2D eigenvalue weighted by atomic mass is 35.5. The van der Waals surface area contributed by atoms with Gasteiger partial charge in [0, 0.05) is 0 Å². The minimum Gasteiger partial charge on any atom is -0.426 e. The zero-order valence-corrected chi connectivity index (χ0v) is 7.45. The molecule has 0 radical (unpaired) electrons. The Morgan fingerprint density at radius 2 is 2.00 bits per heavy atom. The van der Waals surface area contributed by atoms with E-state index in [-0.39, 0.29) is 0 Å². The van der Waals surface area contributed by atoms with Crippen LogP contribution in [0.3, 0.4) is 0 Å². The van der Waals surface area contributed by atoms with Crippen LogP contribution in [0.5, 0.6) is 11.8 Å². The van der Waals surface area contributed by atoms with Crippen molar-refractivity contribution in [3.8, 4) is 11.8 Å². The number of benzene rings is 1. The fourth-order valence-electron chi connectivity index (χ4n) is 0.934. The van der Waals surface area contributed by atoms with E-state index in [1.165, 1.54) is 6.20 Å². The second-order valence-electron chi connectivity index (χ2n) is 2.45. The Labute approximate surface area is 80.3 Å². The van der Waals surface area contributed by atoms with Gasteiger partial charge in [0.05, 0.1) is 6.20 Å². The number of para-hydroxylation sites is 1. The van der Waals surface area contributed by atoms with E-state index in [0.717, 1.165) is 5.75 Å². The first kappa shape index (κ1) is 8.13. The number of aromatic amines is 1. The molecule has 0 saturated carbocycles. The first-order chi connectivity index (χ1) is 6.34. The highest BCUT2D eigenvalue weighted by molar-refractivity contribution is 6.29. The predicted octanol–water partition coefficient (Wildman–Crippen LogP) is 2.86. The maximum Gasteiger partial charge on any atom is 0.300 e. The first-order valence-electron chi connectivity index (χ1n) is 3.78. The minimum atomic E-state index is 0.399. The fraction of sp³-hybridized carbons (Fsp3) is 0. The number of nitrogens with zero attached hydrogens (tertiary/aromatic N) is 1. The Morgan fingerprint density at radius 3 is 2.62 bits per heavy atom. The van der Waals surface area contributed by atoms with Crippen LogP contribution in [0.2, 0.25) is 5.15 Å². The van der Waals surface area contributed by atoms with Crippen molar-refractivity contribution in [3.05, 3.63) is 41.7 Å². The molecule has 0 aliphatic heterocycles. The van der Waals surface area contributed by atoms with E-state index in [4.69, 9.17) is 16.3 Å². The van der Waals surface area contributed by atoms with Crippen molar-refractivity contribution in [1.82, 2.24) is 9.97 Å². The van der Waals surface area contributed by atoms with Gasteiger partial charge in [-0.25, -0.2) is 4.98 Å². The van der Waals surface area contributed by atoms with Gasteiger partial charge in [-0.1, -0.05) is 29.8 Å². The van der Waals surface area contributed by atoms with Crippen LogP contribution >= 0.6 is 11.6 Å². The van der Waals surface area contributed by atoms with Crippen LogP contribution in [0.15, 0.2) is 36.5 Å². The SMILES string of the molecule is Clc1cnc(Oc2ccccc2)[nH]1. The molecule has 0 saturated heterocycles. The fourth-order valence-corrected chi connectivity index (χ4v) is 1.06. The molecule has 0 amide bonds. The molecule has 1 aromatic heterocycles. The van der Waals surface area contributed by atoms with E-state index in [9.17, 15) is 0 Å². The van der Waals surface area contributed by atoms with Crippen LogP contribution in [0.25, 0.3) is 0 Å². The van der Waals surface area contributed by atoms with Gasteiger partial charge < -0.3 is 4.74 Å². The van der Waals surface area contributed by atoms with Gasteiger partial charge in [-0.2, -0.15) is 0 Å². The normalized spacial score (nSPS) is 9.92. The van der Waals surface area contributed by atoms with Crippen molar-refractivity contribution in [2.45, 2.75) is 0 Å². The van der Waals surface area contributed by atoms with E-state index in [1.807, 2.05) is 30.3 Å². The third-order valence-electron chi connectivity index (χ3n) is 1.48. The summed E-state index contributed by atoms with van der Waals surface area (Å²) in [7, 11) is 0. The predicted molar refractivity (Wildman–Crippen MR) is 50.1 cm³/mol. The van der Waals surface area contributed by atoms with Gasteiger partial charge in [-0.3, -0.25) is 4.98 Å². The molecule has 0 unspecified atom stereocenters. The smallest absolute Gasteiger partial charge is 0.300 e. The number of halogens is 1. The minimum absolute atomic E-state index is 0.399. The Balaban J connectivity index is 2.15. The number of H-pyrrole nitrogens is 1. The quantitative estimate of drug-likeness (QED) is 0.798. The van der Waals surface area contributed by atoms with Gasteiger partial charge >= 0.3 is 0 Å². The van der Waals surface area contributed by atoms with E-state index >= 15 is 0 Å². The summed E-state index contributed by atoms with van der Waals surface area (Å²) < 4.78 is 5.35. The van der Waals surface area contributed by atoms with E-state index < -0.39 is 0 Å². The van der Waals surface area contributed by atoms with Crippen molar-refractivity contribution >= 4 is 11.6 Å². The molecule has 0 bridgehead atoms. The summed E-state index contributed by atoms with van der Waals surface area (Å²) >= 11 is 5.63. The van der Waals surface area contributed by atoms with Gasteiger partial charge in [0.25, 0.3) is 6.01 Å². The third kappa shape index (κ3) is 2.00. The lowest BCUT2D eigenvalue weighted by atomic mass is 10.3. The number of hydrogen-bond donors (Lipinski definition) is 1. The largest absolute Gasteiger partial charge is 0.426 e. The van der Waals surface area contributed by atoms with Gasteiger partial charge in [0.2, 0.25) is 0 Å². The summed E-state index contributed by atoms with van der Waals surface area (Å²) in [6.07, 6.45) is 1.50. The van der Waals surface area contributed by atoms with Crippen LogP contribution in [0.1, 0.15) is 0 Å². The molecule has 0 aliphatic carbocycles. The maximum absolute atomic E-state index is 5.63. The standard InChI is InChI=1S/C9H7ClN2O/c10-8-6-11-9(12-8)13-7-4-2-1-3-5-7/h1-6H,(H,11,12). The van der Waals surface area contributed by atoms with Crippen molar-refractivity contribution in [3.63, 3.8) is 0 Å². The summed E-state index contributed by atoms with van der Waals surface area (Å²) in [6.45, 7) is 0. The zero-order valence-electron chi connectivity index (χ0n) is 6.70. The van der Waals surface area contributed by atoms with Crippen molar-refractivity contribution in [2.24, 2.45) is 0 Å². The molecule has 2 aromatic rings. The molecular formula is C9H7ClN2O. The average molecular weight is 195 g/mol. The summed E-state index contributed by atoms with van der Waals surface area (Å²) in [5.74, 6) is 0.730. The Morgan fingerprint density at radius 1 is 1.23 bits per heavy atom. The van der Waals surface area contributed by atoms with Crippen molar-refractivity contribution < 1.29 is 4.74 Å². The number of imidazole rings is 1. The average Bonchev–Trinajstić information content (AvgIpc) is 2.53. The van der Waals surface area contributed by atoms with Crippen LogP contribution in [0.4, 0.5) is 0 Å². The van der Waals surface area contributed by atoms with E-state index in [0.29, 0.717) is 11.2 Å². The molecular weight excluding hydrogens is 188 g/mol. The van der Waals surface area contributed by atoms with Gasteiger partial charge in [-0.05, 0) is 12.1 Å². The van der Waals surface area contributed by atoms with E-state index in [1.54, 1.807) is 0 Å². The van der Waals surface area contributed by atoms with Crippen molar-refractivity contribution in [1.29, 1.82) is 0 Å². The van der Waals surface area contributed by atoms with Gasteiger partial charge in [0.15, 0.2) is 0 Å². The first-order valence-corrected chi connectivity index (χ1v) is 4.16. The molecule has 1 N–H and O–H groups in total. The topological polar surface area (TPSA) is 37.9 Å². The molecule has 4 heteroatoms. The van der Waals surface area contributed by atoms with Gasteiger partial charge in [0.1, 0.15) is 10.9 Å². The molecule has 13 heavy (non-hydrogen) atoms.